The number of rotatable bonds is 6. The highest BCUT2D eigenvalue weighted by molar-refractivity contribution is 7.87. The summed E-state index contributed by atoms with van der Waals surface area (Å²) in [6.45, 7) is 5.94. The molecule has 0 heterocycles. The Hall–Kier alpha value is -2.64. The lowest BCUT2D eigenvalue weighted by Gasteiger charge is -2.17. The zero-order valence-electron chi connectivity index (χ0n) is 17.3. The first-order valence-corrected chi connectivity index (χ1v) is 14.2. The van der Waals surface area contributed by atoms with Gasteiger partial charge in [-0.2, -0.15) is 8.42 Å². The van der Waals surface area contributed by atoms with Gasteiger partial charge in [0.05, 0.1) is 0 Å². The molecule has 0 saturated carbocycles. The van der Waals surface area contributed by atoms with Crippen LogP contribution >= 0.6 is 0 Å². The van der Waals surface area contributed by atoms with Crippen LogP contribution in [0.2, 0.25) is 19.6 Å². The van der Waals surface area contributed by atoms with Crippen LogP contribution in [0.25, 0.3) is 10.8 Å². The number of anilines is 1. The van der Waals surface area contributed by atoms with Crippen molar-refractivity contribution in [1.29, 1.82) is 0 Å². The first-order valence-electron chi connectivity index (χ1n) is 9.29. The third-order valence-corrected chi connectivity index (χ3v) is 7.57. The van der Waals surface area contributed by atoms with E-state index in [4.69, 9.17) is 4.18 Å². The maximum atomic E-state index is 13.0. The average molecular weight is 428 g/mol. The fraction of sp³-hybridized carbons (Fsp3) is 0.227. The van der Waals surface area contributed by atoms with E-state index >= 15 is 0 Å². The zero-order chi connectivity index (χ0) is 21.4. The van der Waals surface area contributed by atoms with Crippen molar-refractivity contribution in [3.63, 3.8) is 0 Å². The second-order valence-electron chi connectivity index (χ2n) is 8.16. The van der Waals surface area contributed by atoms with Crippen molar-refractivity contribution in [1.82, 2.24) is 0 Å². The molecule has 0 bridgehead atoms. The second kappa shape index (κ2) is 7.65. The van der Waals surface area contributed by atoms with Gasteiger partial charge in [-0.3, -0.25) is 0 Å². The lowest BCUT2D eigenvalue weighted by atomic mass is 10.1. The molecule has 0 radical (unpaired) electrons. The molecule has 3 rings (SSSR count). The van der Waals surface area contributed by atoms with Gasteiger partial charge < -0.3 is 13.9 Å². The van der Waals surface area contributed by atoms with Crippen LogP contribution in [0.15, 0.2) is 65.6 Å². The van der Waals surface area contributed by atoms with Crippen molar-refractivity contribution in [2.24, 2.45) is 0 Å². The molecule has 3 aromatic rings. The van der Waals surface area contributed by atoms with Crippen molar-refractivity contribution < 1.29 is 17.4 Å². The predicted molar refractivity (Wildman–Crippen MR) is 120 cm³/mol. The van der Waals surface area contributed by atoms with Gasteiger partial charge in [0, 0.05) is 36.1 Å². The molecular formula is C22H25NO4SSi. The van der Waals surface area contributed by atoms with Crippen LogP contribution in [0.4, 0.5) is 5.69 Å². The molecule has 29 heavy (non-hydrogen) atoms. The largest absolute Gasteiger partial charge is 0.379 e. The Morgan fingerprint density at radius 1 is 0.862 bits per heavy atom. The third-order valence-electron chi connectivity index (χ3n) is 4.61. The van der Waals surface area contributed by atoms with E-state index in [0.29, 0.717) is 10.9 Å². The normalized spacial score (nSPS) is 12.0. The highest BCUT2D eigenvalue weighted by atomic mass is 32.2. The van der Waals surface area contributed by atoms with Gasteiger partial charge in [-0.25, -0.2) is 0 Å². The van der Waals surface area contributed by atoms with Crippen LogP contribution in [0.5, 0.6) is 5.75 Å². The SMILES string of the molecule is CN(C)c1cccc2c(S(=O)(=O)Oc3ccc(C(=O)[Si](C)(C)C)cc3)cccc12. The van der Waals surface area contributed by atoms with Crippen molar-refractivity contribution in [3.8, 4) is 5.75 Å². The monoisotopic (exact) mass is 427 g/mol. The quantitative estimate of drug-likeness (QED) is 0.420. The molecule has 0 saturated heterocycles. The smallest absolute Gasteiger partial charge is 0.339 e. The number of carbonyl (C=O) groups excluding carboxylic acids is 1. The Kier molecular flexibility index (Phi) is 5.56. The van der Waals surface area contributed by atoms with Gasteiger partial charge in [0.25, 0.3) is 0 Å². The molecule has 0 aliphatic heterocycles. The summed E-state index contributed by atoms with van der Waals surface area (Å²) in [6, 6.07) is 17.0. The van der Waals surface area contributed by atoms with E-state index in [1.807, 2.05) is 56.8 Å². The molecule has 0 atom stereocenters. The zero-order valence-corrected chi connectivity index (χ0v) is 19.1. The Balaban J connectivity index is 1.97. The van der Waals surface area contributed by atoms with Gasteiger partial charge in [0.1, 0.15) is 24.1 Å². The van der Waals surface area contributed by atoms with Gasteiger partial charge in [-0.05, 0) is 36.4 Å². The van der Waals surface area contributed by atoms with Crippen LogP contribution < -0.4 is 9.08 Å². The summed E-state index contributed by atoms with van der Waals surface area (Å²) in [4.78, 5) is 14.5. The molecule has 3 aromatic carbocycles. The number of fused-ring (bicyclic) bond motifs is 1. The fourth-order valence-corrected chi connectivity index (χ4v) is 5.32. The molecule has 0 aliphatic carbocycles. The Morgan fingerprint density at radius 2 is 1.45 bits per heavy atom. The van der Waals surface area contributed by atoms with E-state index in [9.17, 15) is 13.2 Å². The standard InChI is InChI=1S/C22H25NO4SSi/c1-23(2)20-10-6-9-19-18(20)8-7-11-21(19)28(25,26)27-17-14-12-16(13-15-17)22(24)29(3,4)5/h6-15H,1-5H3. The highest BCUT2D eigenvalue weighted by Crippen LogP contribution is 2.31. The van der Waals surface area contributed by atoms with Crippen LogP contribution in [-0.4, -0.2) is 36.0 Å². The highest BCUT2D eigenvalue weighted by Gasteiger charge is 2.26. The minimum atomic E-state index is -4.04. The first kappa shape index (κ1) is 21.1. The van der Waals surface area contributed by atoms with E-state index in [-0.39, 0.29) is 16.1 Å². The Labute approximate surface area is 173 Å². The number of benzene rings is 3. The number of carbonyl (C=O) groups is 1. The van der Waals surface area contributed by atoms with Crippen LogP contribution in [0, 0.1) is 0 Å². The molecule has 0 spiro atoms. The van der Waals surface area contributed by atoms with Crippen molar-refractivity contribution in [3.05, 3.63) is 66.2 Å². The third kappa shape index (κ3) is 4.36. The average Bonchev–Trinajstić information content (AvgIpc) is 2.66. The number of hydrogen-bond acceptors (Lipinski definition) is 5. The van der Waals surface area contributed by atoms with Crippen LogP contribution in [-0.2, 0) is 10.1 Å². The maximum Gasteiger partial charge on any atom is 0.339 e. The van der Waals surface area contributed by atoms with E-state index in [1.54, 1.807) is 30.3 Å². The molecule has 152 valence electrons. The molecule has 0 aromatic heterocycles. The van der Waals surface area contributed by atoms with Gasteiger partial charge >= 0.3 is 10.1 Å². The molecular weight excluding hydrogens is 402 g/mol. The van der Waals surface area contributed by atoms with E-state index in [0.717, 1.165) is 11.1 Å². The summed E-state index contributed by atoms with van der Waals surface area (Å²) in [7, 11) is -2.18. The topological polar surface area (TPSA) is 63.7 Å². The van der Waals surface area contributed by atoms with Gasteiger partial charge in [0.15, 0.2) is 0 Å². The molecule has 7 heteroatoms. The molecule has 0 N–H and O–H groups in total. The van der Waals surface area contributed by atoms with E-state index in [2.05, 4.69) is 0 Å². The Bertz CT molecular complexity index is 1160. The van der Waals surface area contributed by atoms with Gasteiger partial charge in [0.2, 0.25) is 0 Å². The summed E-state index contributed by atoms with van der Waals surface area (Å²) in [6.07, 6.45) is 0. The van der Waals surface area contributed by atoms with Crippen molar-refractivity contribution in [2.75, 3.05) is 19.0 Å². The van der Waals surface area contributed by atoms with Gasteiger partial charge in [-0.1, -0.05) is 43.9 Å². The molecule has 5 nitrogen and oxygen atoms in total. The van der Waals surface area contributed by atoms with Gasteiger partial charge in [-0.15, -0.1) is 0 Å². The summed E-state index contributed by atoms with van der Waals surface area (Å²) in [5.41, 5.74) is 1.50. The van der Waals surface area contributed by atoms with E-state index < -0.39 is 18.2 Å². The lowest BCUT2D eigenvalue weighted by molar-refractivity contribution is 0.106. The summed E-state index contributed by atoms with van der Waals surface area (Å²) < 4.78 is 31.3. The molecule has 0 amide bonds. The fourth-order valence-electron chi connectivity index (χ4n) is 3.14. The minimum Gasteiger partial charge on any atom is -0.379 e. The Morgan fingerprint density at radius 3 is 2.03 bits per heavy atom. The van der Waals surface area contributed by atoms with Crippen molar-refractivity contribution >= 4 is 40.1 Å². The lowest BCUT2D eigenvalue weighted by Crippen LogP contribution is -2.33. The second-order valence-corrected chi connectivity index (χ2v) is 14.6. The summed E-state index contributed by atoms with van der Waals surface area (Å²) >= 11 is 0. The predicted octanol–water partition coefficient (Wildman–Crippen LogP) is 4.73. The first-order chi connectivity index (χ1) is 13.5. The summed E-state index contributed by atoms with van der Waals surface area (Å²) in [5.74, 6) is 0.179. The molecule has 0 aliphatic rings. The van der Waals surface area contributed by atoms with Crippen LogP contribution in [0.1, 0.15) is 10.4 Å². The number of hydrogen-bond donors (Lipinski definition) is 0. The van der Waals surface area contributed by atoms with Crippen LogP contribution in [0.3, 0.4) is 0 Å². The molecule has 0 fully saturated rings. The molecule has 0 unspecified atom stereocenters. The number of nitrogens with zero attached hydrogens (tertiary/aromatic N) is 1. The van der Waals surface area contributed by atoms with Crippen molar-refractivity contribution in [2.45, 2.75) is 24.5 Å². The minimum absolute atomic E-state index is 0.112. The summed E-state index contributed by atoms with van der Waals surface area (Å²) in [5, 5.41) is 1.56. The maximum absolute atomic E-state index is 13.0. The van der Waals surface area contributed by atoms with E-state index in [1.165, 1.54) is 12.1 Å².